The van der Waals surface area contributed by atoms with E-state index < -0.39 is 18.0 Å². The van der Waals surface area contributed by atoms with Gasteiger partial charge in [0.25, 0.3) is 6.43 Å². The van der Waals surface area contributed by atoms with Crippen LogP contribution in [0.4, 0.5) is 20.2 Å². The minimum absolute atomic E-state index is 0.0767. The lowest BCUT2D eigenvalue weighted by molar-refractivity contribution is 0.0593. The van der Waals surface area contributed by atoms with Crippen LogP contribution in [-0.4, -0.2) is 37.9 Å². The second kappa shape index (κ2) is 10.6. The van der Waals surface area contributed by atoms with Crippen LogP contribution in [0.25, 0.3) is 21.7 Å². The Morgan fingerprint density at radius 1 is 1.05 bits per heavy atom. The predicted octanol–water partition coefficient (Wildman–Crippen LogP) is 6.53. The summed E-state index contributed by atoms with van der Waals surface area (Å²) < 4.78 is 29.2. The number of nitrogens with one attached hydrogen (secondary N) is 2. The van der Waals surface area contributed by atoms with Gasteiger partial charge in [-0.05, 0) is 47.4 Å². The van der Waals surface area contributed by atoms with Crippen LogP contribution in [0.1, 0.15) is 62.0 Å². The summed E-state index contributed by atoms with van der Waals surface area (Å²) >= 11 is 0. The van der Waals surface area contributed by atoms with Crippen molar-refractivity contribution >= 4 is 33.1 Å². The molecule has 11 heteroatoms. The molecule has 3 heterocycles. The summed E-state index contributed by atoms with van der Waals surface area (Å²) in [5.41, 5.74) is 2.14. The lowest BCUT2D eigenvalue weighted by atomic mass is 9.96. The highest BCUT2D eigenvalue weighted by atomic mass is 19.3. The third-order valence-corrected chi connectivity index (χ3v) is 7.78. The molecule has 0 bridgehead atoms. The largest absolute Gasteiger partial charge is 0.383 e. The van der Waals surface area contributed by atoms with Crippen LogP contribution in [0.2, 0.25) is 0 Å². The zero-order valence-electron chi connectivity index (χ0n) is 23.9. The third-order valence-electron chi connectivity index (χ3n) is 7.78. The smallest absolute Gasteiger partial charge is 0.263 e. The summed E-state index contributed by atoms with van der Waals surface area (Å²) in [6.07, 6.45) is 4.61. The number of anilines is 2. The summed E-state index contributed by atoms with van der Waals surface area (Å²) in [5.74, 6) is 0. The second-order valence-corrected chi connectivity index (χ2v) is 12.1. The molecular weight excluding hydrogens is 548 g/mol. The summed E-state index contributed by atoms with van der Waals surface area (Å²) in [7, 11) is 0. The highest BCUT2D eigenvalue weighted by molar-refractivity contribution is 5.99. The van der Waals surface area contributed by atoms with Gasteiger partial charge in [0.1, 0.15) is 23.4 Å². The molecule has 5 aromatic rings. The Labute approximate surface area is 247 Å². The van der Waals surface area contributed by atoms with Gasteiger partial charge >= 0.3 is 0 Å². The standard InChI is InChI=1S/C32H29F2N9/c1-31(2,3)18-39-28-21(14-36)15-38-27-20(13-35)11-22(12-24(27)28)40-29(23-6-4-5-19-7-10-37-16-25(19)23)26-17-43(42-41-26)32(8-9-32)30(33)34/h4-7,10-12,15-17,29-30,40H,8-9,18H2,1-3H3,(H,38,39). The van der Waals surface area contributed by atoms with Gasteiger partial charge in [0, 0.05) is 41.6 Å². The third kappa shape index (κ3) is 5.19. The number of pyridine rings is 2. The van der Waals surface area contributed by atoms with E-state index in [-0.39, 0.29) is 5.41 Å². The van der Waals surface area contributed by atoms with Crippen molar-refractivity contribution in [2.45, 2.75) is 51.6 Å². The summed E-state index contributed by atoms with van der Waals surface area (Å²) in [5, 5.41) is 37.8. The molecule has 0 spiro atoms. The highest BCUT2D eigenvalue weighted by Gasteiger charge is 2.54. The van der Waals surface area contributed by atoms with Gasteiger partial charge in [-0.25, -0.2) is 13.5 Å². The maximum absolute atomic E-state index is 13.9. The van der Waals surface area contributed by atoms with E-state index in [0.717, 1.165) is 16.3 Å². The monoisotopic (exact) mass is 577 g/mol. The van der Waals surface area contributed by atoms with Crippen LogP contribution in [0.5, 0.6) is 0 Å². The first-order valence-electron chi connectivity index (χ1n) is 13.9. The Kier molecular flexibility index (Phi) is 6.89. The molecule has 2 N–H and O–H groups in total. The Morgan fingerprint density at radius 3 is 2.53 bits per heavy atom. The van der Waals surface area contributed by atoms with Crippen molar-refractivity contribution in [3.63, 3.8) is 0 Å². The van der Waals surface area contributed by atoms with Gasteiger partial charge in [-0.1, -0.05) is 44.2 Å². The first kappa shape index (κ1) is 28.0. The van der Waals surface area contributed by atoms with Gasteiger partial charge in [-0.3, -0.25) is 9.97 Å². The van der Waals surface area contributed by atoms with Crippen molar-refractivity contribution in [3.8, 4) is 12.1 Å². The van der Waals surface area contributed by atoms with Crippen LogP contribution in [0.3, 0.4) is 0 Å². The number of benzene rings is 2. The van der Waals surface area contributed by atoms with Gasteiger partial charge in [0.2, 0.25) is 0 Å². The Morgan fingerprint density at radius 2 is 1.84 bits per heavy atom. The molecule has 3 aromatic heterocycles. The molecule has 0 radical (unpaired) electrons. The van der Waals surface area contributed by atoms with Gasteiger partial charge in [-0.2, -0.15) is 10.5 Å². The Balaban J connectivity index is 1.51. The molecule has 0 amide bonds. The van der Waals surface area contributed by atoms with Crippen molar-refractivity contribution in [2.24, 2.45) is 5.41 Å². The number of fused-ring (bicyclic) bond motifs is 2. The number of nitrogens with zero attached hydrogens (tertiary/aromatic N) is 7. The lowest BCUT2D eigenvalue weighted by Gasteiger charge is -2.23. The van der Waals surface area contributed by atoms with E-state index in [1.54, 1.807) is 24.7 Å². The van der Waals surface area contributed by atoms with Gasteiger partial charge in [-0.15, -0.1) is 5.10 Å². The average molecular weight is 578 g/mol. The topological polar surface area (TPSA) is 128 Å². The molecule has 2 aromatic carbocycles. The van der Waals surface area contributed by atoms with Crippen molar-refractivity contribution in [1.29, 1.82) is 10.5 Å². The molecule has 0 aliphatic heterocycles. The molecule has 6 rings (SSSR count). The van der Waals surface area contributed by atoms with E-state index in [2.05, 4.69) is 63.8 Å². The Bertz CT molecular complexity index is 1920. The molecule has 1 aliphatic carbocycles. The lowest BCUT2D eigenvalue weighted by Crippen LogP contribution is -2.26. The molecule has 1 atom stereocenters. The molecule has 43 heavy (non-hydrogen) atoms. The highest BCUT2D eigenvalue weighted by Crippen LogP contribution is 2.48. The fourth-order valence-corrected chi connectivity index (χ4v) is 5.27. The molecule has 1 aliphatic rings. The average Bonchev–Trinajstić information content (AvgIpc) is 3.67. The summed E-state index contributed by atoms with van der Waals surface area (Å²) in [6, 6.07) is 15.1. The van der Waals surface area contributed by atoms with Gasteiger partial charge in [0.15, 0.2) is 0 Å². The Hall–Kier alpha value is -5.16. The SMILES string of the molecule is CC(C)(C)CNc1c(C#N)cnc2c(C#N)cc(NC(c3cn(C4(C(F)F)CC4)nn3)c3cccc4ccncc34)cc12. The molecule has 216 valence electrons. The van der Waals surface area contributed by atoms with E-state index in [1.807, 2.05) is 30.3 Å². The van der Waals surface area contributed by atoms with Gasteiger partial charge in [0.05, 0.1) is 34.6 Å². The van der Waals surface area contributed by atoms with Crippen molar-refractivity contribution in [1.82, 2.24) is 25.0 Å². The normalized spacial score (nSPS) is 14.8. The second-order valence-electron chi connectivity index (χ2n) is 12.1. The number of aromatic nitrogens is 5. The quantitative estimate of drug-likeness (QED) is 0.213. The number of halogens is 2. The van der Waals surface area contributed by atoms with Crippen LogP contribution >= 0.6 is 0 Å². The first-order valence-corrected chi connectivity index (χ1v) is 13.9. The number of nitriles is 2. The maximum Gasteiger partial charge on any atom is 0.263 e. The van der Waals surface area contributed by atoms with Gasteiger partial charge < -0.3 is 10.6 Å². The summed E-state index contributed by atoms with van der Waals surface area (Å²) in [4.78, 5) is 8.76. The molecule has 1 unspecified atom stereocenters. The van der Waals surface area contributed by atoms with E-state index >= 15 is 0 Å². The van der Waals surface area contributed by atoms with E-state index in [1.165, 1.54) is 10.9 Å². The molecule has 1 saturated carbocycles. The van der Waals surface area contributed by atoms with Crippen LogP contribution < -0.4 is 10.6 Å². The summed E-state index contributed by atoms with van der Waals surface area (Å²) in [6.45, 7) is 6.83. The van der Waals surface area contributed by atoms with E-state index in [4.69, 9.17) is 0 Å². The zero-order valence-corrected chi connectivity index (χ0v) is 23.9. The predicted molar refractivity (Wildman–Crippen MR) is 160 cm³/mol. The molecule has 9 nitrogen and oxygen atoms in total. The van der Waals surface area contributed by atoms with Crippen molar-refractivity contribution < 1.29 is 8.78 Å². The van der Waals surface area contributed by atoms with Crippen molar-refractivity contribution in [3.05, 3.63) is 83.6 Å². The number of hydrogen-bond acceptors (Lipinski definition) is 8. The zero-order chi connectivity index (χ0) is 30.4. The van der Waals surface area contributed by atoms with E-state index in [0.29, 0.717) is 58.5 Å². The molecule has 1 fully saturated rings. The minimum atomic E-state index is -2.56. The van der Waals surface area contributed by atoms with E-state index in [9.17, 15) is 19.3 Å². The minimum Gasteiger partial charge on any atom is -0.383 e. The molecular formula is C32H29F2N9. The number of hydrogen-bond donors (Lipinski definition) is 2. The number of alkyl halides is 2. The fourth-order valence-electron chi connectivity index (χ4n) is 5.27. The molecule has 0 saturated heterocycles. The first-order chi connectivity index (χ1) is 20.6. The van der Waals surface area contributed by atoms with Crippen LogP contribution in [-0.2, 0) is 5.54 Å². The van der Waals surface area contributed by atoms with Crippen LogP contribution in [0.15, 0.2) is 61.2 Å². The number of rotatable bonds is 8. The maximum atomic E-state index is 13.9. The van der Waals surface area contributed by atoms with Crippen LogP contribution in [0, 0.1) is 28.1 Å². The fraction of sp³-hybridized carbons (Fsp3) is 0.312. The van der Waals surface area contributed by atoms with Crippen molar-refractivity contribution in [2.75, 3.05) is 17.2 Å².